The van der Waals surface area contributed by atoms with Crippen LogP contribution in [0.2, 0.25) is 0 Å². The number of hydrogen-bond donors (Lipinski definition) is 1. The number of carbonyl (C=O) groups is 4. The largest absolute Gasteiger partial charge is 0.463 e. The molecule has 0 aromatic rings. The van der Waals surface area contributed by atoms with Crippen molar-refractivity contribution in [1.82, 2.24) is 5.32 Å². The Morgan fingerprint density at radius 1 is 0.638 bits per heavy atom. The van der Waals surface area contributed by atoms with Crippen molar-refractivity contribution in [3.05, 3.63) is 0 Å². The highest BCUT2D eigenvalue weighted by molar-refractivity contribution is 5.73. The minimum Gasteiger partial charge on any atom is -0.463 e. The van der Waals surface area contributed by atoms with Crippen LogP contribution in [0.25, 0.3) is 0 Å². The first-order valence-electron chi connectivity index (χ1n) is 16.9. The van der Waals surface area contributed by atoms with Gasteiger partial charge in [0.15, 0.2) is 36.4 Å². The van der Waals surface area contributed by atoms with Gasteiger partial charge in [-0.3, -0.25) is 19.2 Å². The van der Waals surface area contributed by atoms with Crippen LogP contribution in [0.4, 0.5) is 0 Å². The molecule has 47 heavy (non-hydrogen) atoms. The SMILES string of the molecule is CC(=O)NC1C(OCC2OC3OC4(CCCCC4)OC3C3OC4(CCCCC4)OC23)OC(COC(C)=O)C(OC(C)=O)C1OC(C)=O. The predicted molar refractivity (Wildman–Crippen MR) is 156 cm³/mol. The zero-order chi connectivity index (χ0) is 33.3. The van der Waals surface area contributed by atoms with Gasteiger partial charge in [0.2, 0.25) is 5.91 Å². The lowest BCUT2D eigenvalue weighted by Gasteiger charge is -2.45. The normalized spacial score (nSPS) is 38.6. The molecular weight excluding hydrogens is 622 g/mol. The van der Waals surface area contributed by atoms with Crippen LogP contribution in [0, 0.1) is 0 Å². The monoisotopic (exact) mass is 669 g/mol. The van der Waals surface area contributed by atoms with Crippen LogP contribution in [0.15, 0.2) is 0 Å². The van der Waals surface area contributed by atoms with Crippen molar-refractivity contribution in [3.63, 3.8) is 0 Å². The molecular formula is C32H47NO14. The molecule has 10 atom stereocenters. The molecule has 0 bridgehead atoms. The Hall–Kier alpha value is -2.40. The van der Waals surface area contributed by atoms with Gasteiger partial charge in [0.05, 0.1) is 6.61 Å². The predicted octanol–water partition coefficient (Wildman–Crippen LogP) is 1.90. The highest BCUT2D eigenvalue weighted by Gasteiger charge is 2.64. The van der Waals surface area contributed by atoms with E-state index in [1.807, 2.05) is 0 Å². The highest BCUT2D eigenvalue weighted by Crippen LogP contribution is 2.51. The Balaban J connectivity index is 1.25. The molecule has 4 heterocycles. The minimum atomic E-state index is -1.24. The molecule has 2 spiro atoms. The fourth-order valence-corrected chi connectivity index (χ4v) is 7.80. The number of ether oxygens (including phenoxy) is 10. The van der Waals surface area contributed by atoms with Crippen LogP contribution in [-0.2, 0) is 66.5 Å². The quantitative estimate of drug-likeness (QED) is 0.293. The second kappa shape index (κ2) is 14.2. The summed E-state index contributed by atoms with van der Waals surface area (Å²) in [6.07, 6.45) is 1.57. The number of amides is 1. The number of carbonyl (C=O) groups excluding carboxylic acids is 4. The summed E-state index contributed by atoms with van der Waals surface area (Å²) in [6, 6.07) is -1.11. The second-order valence-electron chi connectivity index (χ2n) is 13.4. The van der Waals surface area contributed by atoms with Gasteiger partial charge in [-0.2, -0.15) is 0 Å². The van der Waals surface area contributed by atoms with Gasteiger partial charge >= 0.3 is 17.9 Å². The molecule has 0 radical (unpaired) electrons. The maximum atomic E-state index is 12.4. The Morgan fingerprint density at radius 2 is 1.21 bits per heavy atom. The maximum Gasteiger partial charge on any atom is 0.303 e. The van der Waals surface area contributed by atoms with Crippen LogP contribution in [0.5, 0.6) is 0 Å². The average molecular weight is 670 g/mol. The van der Waals surface area contributed by atoms with Gasteiger partial charge in [-0.05, 0) is 25.7 Å². The van der Waals surface area contributed by atoms with Crippen LogP contribution in [0.3, 0.4) is 0 Å². The van der Waals surface area contributed by atoms with Gasteiger partial charge < -0.3 is 52.7 Å². The molecule has 4 aliphatic heterocycles. The van der Waals surface area contributed by atoms with Gasteiger partial charge in [-0.1, -0.05) is 12.8 Å². The third kappa shape index (κ3) is 7.61. The van der Waals surface area contributed by atoms with Gasteiger partial charge in [-0.15, -0.1) is 0 Å². The third-order valence-corrected chi connectivity index (χ3v) is 9.70. The van der Waals surface area contributed by atoms with Crippen molar-refractivity contribution in [2.75, 3.05) is 13.2 Å². The third-order valence-electron chi connectivity index (χ3n) is 9.70. The summed E-state index contributed by atoms with van der Waals surface area (Å²) in [5.74, 6) is -3.92. The van der Waals surface area contributed by atoms with E-state index in [1.54, 1.807) is 0 Å². The van der Waals surface area contributed by atoms with E-state index in [4.69, 9.17) is 47.4 Å². The van der Waals surface area contributed by atoms with Crippen molar-refractivity contribution < 1.29 is 66.5 Å². The Bertz CT molecular complexity index is 1170. The molecule has 10 unspecified atom stereocenters. The van der Waals surface area contributed by atoms with Gasteiger partial charge in [0.1, 0.15) is 43.2 Å². The average Bonchev–Trinajstić information content (AvgIpc) is 3.55. The summed E-state index contributed by atoms with van der Waals surface area (Å²) in [5.41, 5.74) is 0. The van der Waals surface area contributed by atoms with Crippen LogP contribution in [-0.4, -0.2) is 110 Å². The summed E-state index contributed by atoms with van der Waals surface area (Å²) >= 11 is 0. The van der Waals surface area contributed by atoms with E-state index in [0.29, 0.717) is 0 Å². The first-order valence-corrected chi connectivity index (χ1v) is 16.9. The maximum absolute atomic E-state index is 12.4. The molecule has 15 nitrogen and oxygen atoms in total. The first-order chi connectivity index (χ1) is 22.5. The molecule has 0 aromatic carbocycles. The Kier molecular flexibility index (Phi) is 10.4. The number of nitrogens with one attached hydrogen (secondary N) is 1. The molecule has 1 amide bonds. The van der Waals surface area contributed by atoms with E-state index in [1.165, 1.54) is 27.7 Å². The lowest BCUT2D eigenvalue weighted by Crippen LogP contribution is -2.67. The van der Waals surface area contributed by atoms with E-state index in [9.17, 15) is 19.2 Å². The van der Waals surface area contributed by atoms with Crippen molar-refractivity contribution in [3.8, 4) is 0 Å². The van der Waals surface area contributed by atoms with Crippen molar-refractivity contribution in [2.24, 2.45) is 0 Å². The van der Waals surface area contributed by atoms with Crippen LogP contribution in [0.1, 0.15) is 91.9 Å². The van der Waals surface area contributed by atoms with E-state index >= 15 is 0 Å². The van der Waals surface area contributed by atoms with E-state index in [-0.39, 0.29) is 13.2 Å². The van der Waals surface area contributed by atoms with E-state index in [0.717, 1.165) is 64.2 Å². The molecule has 4 saturated heterocycles. The van der Waals surface area contributed by atoms with Crippen LogP contribution < -0.4 is 5.32 Å². The number of rotatable bonds is 8. The molecule has 15 heteroatoms. The summed E-state index contributed by atoms with van der Waals surface area (Å²) < 4.78 is 61.8. The molecule has 2 aliphatic carbocycles. The standard InChI is InChI=1S/C32H47NO14/c1-17(34)33-23-26(41-20(4)37)24(40-19(3)36)21(15-38-18(2)35)42-29(23)39-16-22-25-27(45-31(44-25)11-7-5-8-12-31)28-30(43-22)47-32(46-28)13-9-6-10-14-32/h21-30H,5-16H2,1-4H3,(H,33,34). The molecule has 2 saturated carbocycles. The van der Waals surface area contributed by atoms with Crippen molar-refractivity contribution in [1.29, 1.82) is 0 Å². The summed E-state index contributed by atoms with van der Waals surface area (Å²) in [5, 5.41) is 2.73. The smallest absolute Gasteiger partial charge is 0.303 e. The fraction of sp³-hybridized carbons (Fsp3) is 0.875. The van der Waals surface area contributed by atoms with Gasteiger partial charge in [0, 0.05) is 53.4 Å². The van der Waals surface area contributed by atoms with Crippen molar-refractivity contribution in [2.45, 2.75) is 165 Å². The zero-order valence-corrected chi connectivity index (χ0v) is 27.5. The number of esters is 3. The van der Waals surface area contributed by atoms with Crippen LogP contribution >= 0.6 is 0 Å². The summed E-state index contributed by atoms with van der Waals surface area (Å²) in [6.45, 7) is 4.46. The minimum absolute atomic E-state index is 0.0910. The molecule has 6 rings (SSSR count). The zero-order valence-electron chi connectivity index (χ0n) is 27.5. The van der Waals surface area contributed by atoms with Gasteiger partial charge in [0.25, 0.3) is 0 Å². The topological polar surface area (TPSA) is 173 Å². The summed E-state index contributed by atoms with van der Waals surface area (Å²) in [7, 11) is 0. The van der Waals surface area contributed by atoms with E-state index < -0.39 is 96.7 Å². The molecule has 0 aromatic heterocycles. The summed E-state index contributed by atoms with van der Waals surface area (Å²) in [4.78, 5) is 48.4. The van der Waals surface area contributed by atoms with E-state index in [2.05, 4.69) is 5.32 Å². The highest BCUT2D eigenvalue weighted by atomic mass is 16.9. The molecule has 264 valence electrons. The molecule has 6 aliphatic rings. The van der Waals surface area contributed by atoms with Gasteiger partial charge in [-0.25, -0.2) is 0 Å². The first kappa shape index (κ1) is 34.5. The lowest BCUT2D eigenvalue weighted by atomic mass is 9.94. The number of fused-ring (bicyclic) bond motifs is 3. The molecule has 6 fully saturated rings. The Morgan fingerprint density at radius 3 is 1.81 bits per heavy atom. The number of hydrogen-bond acceptors (Lipinski definition) is 14. The molecule has 1 N–H and O–H groups in total. The second-order valence-corrected chi connectivity index (χ2v) is 13.4. The lowest BCUT2D eigenvalue weighted by molar-refractivity contribution is -0.298. The fourth-order valence-electron chi connectivity index (χ4n) is 7.80. The van der Waals surface area contributed by atoms with Crippen molar-refractivity contribution >= 4 is 23.8 Å². The Labute approximate surface area is 273 Å².